The molecule has 0 saturated heterocycles. The zero-order chi connectivity index (χ0) is 45.6. The third-order valence-electron chi connectivity index (χ3n) is 10.3. The van der Waals surface area contributed by atoms with E-state index in [1.54, 1.807) is 0 Å². The fraction of sp³-hybridized carbons (Fsp3) is 1.00. The molecule has 61 heavy (non-hydrogen) atoms. The highest BCUT2D eigenvalue weighted by Gasteiger charge is 2.47. The summed E-state index contributed by atoms with van der Waals surface area (Å²) in [6, 6.07) is 0. The van der Waals surface area contributed by atoms with E-state index in [-0.39, 0.29) is 13.2 Å². The summed E-state index contributed by atoms with van der Waals surface area (Å²) in [7, 11) is -22.9. The van der Waals surface area contributed by atoms with Crippen molar-refractivity contribution in [2.75, 3.05) is 13.2 Å². The van der Waals surface area contributed by atoms with Gasteiger partial charge in [-0.05, 0) is 24.6 Å². The van der Waals surface area contributed by atoms with E-state index in [0.717, 1.165) is 51.4 Å². The Bertz CT molecular complexity index is 1190. The maximum Gasteiger partial charge on any atom is 0.490 e. The molecule has 0 aromatic heterocycles. The van der Waals surface area contributed by atoms with E-state index < -0.39 is 38.0 Å². The predicted octanol–water partition coefficient (Wildman–Crippen LogP) is 15.8. The highest BCUT2D eigenvalue weighted by molar-refractivity contribution is 8.08. The number of hydrogen-bond acceptors (Lipinski definition) is 11. The fourth-order valence-electron chi connectivity index (χ4n) is 6.98. The zero-order valence-corrected chi connectivity index (χ0v) is 43.1. The van der Waals surface area contributed by atoms with Crippen LogP contribution in [0.3, 0.4) is 0 Å². The van der Waals surface area contributed by atoms with Gasteiger partial charge in [-0.25, -0.2) is 22.6 Å². The SMILES string of the molecule is CCCCCCCCCCCCCCCCCCCCOP(=O)(O)OP(=O)(O)OP(=O)(O)OP(=O)(O)O[P@@](O)(=S)OCCCCCCCCCCCCCCCCCCCC. The number of rotatable bonds is 48. The Labute approximate surface area is 375 Å². The minimum atomic E-state index is -6.00. The van der Waals surface area contributed by atoms with Crippen molar-refractivity contribution in [1.82, 2.24) is 0 Å². The summed E-state index contributed by atoms with van der Waals surface area (Å²) in [5.41, 5.74) is 0. The summed E-state index contributed by atoms with van der Waals surface area (Å²) < 4.78 is 74.8. The van der Waals surface area contributed by atoms with Crippen molar-refractivity contribution in [2.45, 2.75) is 245 Å². The van der Waals surface area contributed by atoms with Crippen LogP contribution in [0.5, 0.6) is 0 Å². The average molecular weight is 995 g/mol. The second-order valence-electron chi connectivity index (χ2n) is 16.4. The van der Waals surface area contributed by atoms with Crippen molar-refractivity contribution < 1.29 is 69.0 Å². The summed E-state index contributed by atoms with van der Waals surface area (Å²) in [6.07, 6.45) is 42.1. The third kappa shape index (κ3) is 44.7. The lowest BCUT2D eigenvalue weighted by Crippen LogP contribution is -2.01. The van der Waals surface area contributed by atoms with Crippen LogP contribution in [0.15, 0.2) is 0 Å². The Morgan fingerprint density at radius 3 is 0.754 bits per heavy atom. The molecule has 0 bridgehead atoms. The van der Waals surface area contributed by atoms with Gasteiger partial charge in [0.1, 0.15) is 0 Å². The van der Waals surface area contributed by atoms with Crippen LogP contribution in [0.1, 0.15) is 245 Å². The molecule has 0 amide bonds. The molecule has 0 aromatic carbocycles. The second-order valence-corrected chi connectivity index (χ2v) is 25.6. The van der Waals surface area contributed by atoms with Gasteiger partial charge in [0.2, 0.25) is 0 Å². The monoisotopic (exact) mass is 994 g/mol. The van der Waals surface area contributed by atoms with E-state index in [2.05, 4.69) is 47.4 Å². The molecule has 4 unspecified atom stereocenters. The normalized spacial score (nSPS) is 17.0. The van der Waals surface area contributed by atoms with Gasteiger partial charge in [0.25, 0.3) is 0 Å². The van der Waals surface area contributed by atoms with Crippen molar-refractivity contribution in [2.24, 2.45) is 0 Å². The summed E-state index contributed by atoms with van der Waals surface area (Å²) in [5.74, 6) is 0. The molecule has 0 rings (SSSR count). The van der Waals surface area contributed by atoms with Crippen molar-refractivity contribution in [3.8, 4) is 0 Å². The topological polar surface area (TPSA) is 225 Å². The molecule has 0 aliphatic carbocycles. The first-order chi connectivity index (χ1) is 28.9. The van der Waals surface area contributed by atoms with Crippen LogP contribution >= 0.6 is 38.0 Å². The Hall–Kier alpha value is 1.13. The highest BCUT2D eigenvalue weighted by Crippen LogP contribution is 2.73. The van der Waals surface area contributed by atoms with Crippen molar-refractivity contribution in [3.05, 3.63) is 0 Å². The number of hydrogen-bond donors (Lipinski definition) is 5. The molecule has 0 heterocycles. The molecular formula is C40H87O15P5S. The van der Waals surface area contributed by atoms with Crippen LogP contribution < -0.4 is 0 Å². The van der Waals surface area contributed by atoms with Crippen LogP contribution in [0, 0.1) is 0 Å². The van der Waals surface area contributed by atoms with Gasteiger partial charge in [-0.1, -0.05) is 232 Å². The minimum absolute atomic E-state index is 0.134. The van der Waals surface area contributed by atoms with E-state index in [4.69, 9.17) is 4.52 Å². The summed E-state index contributed by atoms with van der Waals surface area (Å²) in [4.78, 5) is 49.5. The summed E-state index contributed by atoms with van der Waals surface area (Å²) >= 11 is 4.69. The smallest absolute Gasteiger partial charge is 0.324 e. The van der Waals surface area contributed by atoms with E-state index in [1.165, 1.54) is 161 Å². The maximum absolute atomic E-state index is 12.3. The molecule has 0 saturated carbocycles. The van der Waals surface area contributed by atoms with Gasteiger partial charge in [-0.15, -0.1) is 0 Å². The molecule has 0 spiro atoms. The largest absolute Gasteiger partial charge is 0.490 e. The standard InChI is InChI=1S/C40H87O15P5S/c1-3-5-7-9-11-13-15-17-19-21-23-25-27-29-31-33-35-37-39-50-56(41,42)52-57(43,44)53-58(45,46)54-59(47,48)55-60(49,61)51-40-38-36-34-32-30-28-26-24-22-20-18-16-14-12-10-8-6-4-2/h3-40H2,1-2H3,(H,41,42)(H,43,44)(H,45,46)(H,47,48)(H,49,61)/t60-/m0/s1. The second kappa shape index (κ2) is 39.2. The van der Waals surface area contributed by atoms with Crippen molar-refractivity contribution >= 4 is 49.8 Å². The van der Waals surface area contributed by atoms with Crippen LogP contribution in [-0.2, 0) is 56.4 Å². The van der Waals surface area contributed by atoms with E-state index in [9.17, 15) is 42.7 Å². The van der Waals surface area contributed by atoms with Gasteiger partial charge in [0.05, 0.1) is 13.2 Å². The average Bonchev–Trinajstić information content (AvgIpc) is 3.14. The molecule has 368 valence electrons. The zero-order valence-electron chi connectivity index (χ0n) is 37.8. The molecule has 21 heteroatoms. The first kappa shape index (κ1) is 62.1. The van der Waals surface area contributed by atoms with Crippen molar-refractivity contribution in [3.63, 3.8) is 0 Å². The molecule has 0 aromatic rings. The molecular weight excluding hydrogens is 907 g/mol. The van der Waals surface area contributed by atoms with Crippen LogP contribution in [0.25, 0.3) is 0 Å². The number of phosphoric ester groups is 1. The molecule has 0 aliphatic rings. The van der Waals surface area contributed by atoms with Crippen molar-refractivity contribution in [1.29, 1.82) is 0 Å². The van der Waals surface area contributed by atoms with Gasteiger partial charge in [-0.2, -0.15) is 12.9 Å². The summed E-state index contributed by atoms with van der Waals surface area (Å²) in [6.45, 7) is -0.449. The first-order valence-electron chi connectivity index (χ1n) is 23.7. The minimum Gasteiger partial charge on any atom is -0.324 e. The van der Waals surface area contributed by atoms with Gasteiger partial charge >= 0.3 is 38.0 Å². The van der Waals surface area contributed by atoms with E-state index >= 15 is 0 Å². The predicted molar refractivity (Wildman–Crippen MR) is 250 cm³/mol. The highest BCUT2D eigenvalue weighted by atomic mass is 32.5. The lowest BCUT2D eigenvalue weighted by atomic mass is 10.0. The van der Waals surface area contributed by atoms with E-state index in [0.29, 0.717) is 19.3 Å². The Morgan fingerprint density at radius 1 is 0.295 bits per heavy atom. The molecule has 0 aliphatic heterocycles. The fourth-order valence-corrected chi connectivity index (χ4v) is 14.4. The number of phosphoric acid groups is 4. The molecule has 5 N–H and O–H groups in total. The van der Waals surface area contributed by atoms with Gasteiger partial charge < -0.3 is 29.0 Å². The lowest BCUT2D eigenvalue weighted by Gasteiger charge is -2.21. The van der Waals surface area contributed by atoms with Crippen LogP contribution in [0.2, 0.25) is 0 Å². The summed E-state index contributed by atoms with van der Waals surface area (Å²) in [5, 5.41) is 0. The third-order valence-corrected chi connectivity index (χ3v) is 18.9. The Kier molecular flexibility index (Phi) is 39.9. The molecule has 15 nitrogen and oxygen atoms in total. The van der Waals surface area contributed by atoms with Crippen LogP contribution in [-0.4, -0.2) is 37.7 Å². The maximum atomic E-state index is 12.3. The van der Waals surface area contributed by atoms with Gasteiger partial charge in [0, 0.05) is 0 Å². The molecule has 0 radical (unpaired) electrons. The van der Waals surface area contributed by atoms with Gasteiger partial charge in [-0.3, -0.25) is 4.52 Å². The Balaban J connectivity index is 4.05. The Morgan fingerprint density at radius 2 is 0.492 bits per heavy atom. The quantitative estimate of drug-likeness (QED) is 0.0282. The first-order valence-corrected chi connectivity index (χ1v) is 32.3. The van der Waals surface area contributed by atoms with Gasteiger partial charge in [0.15, 0.2) is 0 Å². The van der Waals surface area contributed by atoms with Crippen LogP contribution in [0.4, 0.5) is 0 Å². The molecule has 0 fully saturated rings. The molecule has 5 atom stereocenters. The van der Waals surface area contributed by atoms with E-state index in [1.807, 2.05) is 0 Å². The lowest BCUT2D eigenvalue weighted by molar-refractivity contribution is 0.166. The number of unbranched alkanes of at least 4 members (excludes halogenated alkanes) is 34.